The standard InChI is InChI=1S/C24H18Cl2N2O2/c25-21-7-3-1-5-17(21)9-15-23(29)27-19-11-13-20(14-12-19)28-24(30)16-10-18-6-2-4-8-22(18)26/h1-16H,(H,27,29)(H,28,30)/b15-9+,16-10+. The number of halogens is 2. The quantitative estimate of drug-likeness (QED) is 0.445. The zero-order valence-corrected chi connectivity index (χ0v) is 17.3. The van der Waals surface area contributed by atoms with Crippen molar-refractivity contribution in [3.63, 3.8) is 0 Å². The second-order valence-corrected chi connectivity index (χ2v) is 7.08. The van der Waals surface area contributed by atoms with E-state index in [9.17, 15) is 9.59 Å². The highest BCUT2D eigenvalue weighted by molar-refractivity contribution is 6.32. The van der Waals surface area contributed by atoms with Gasteiger partial charge in [0.2, 0.25) is 11.8 Å². The number of nitrogens with one attached hydrogen (secondary N) is 2. The number of carbonyl (C=O) groups is 2. The van der Waals surface area contributed by atoms with Gasteiger partial charge in [-0.3, -0.25) is 9.59 Å². The summed E-state index contributed by atoms with van der Waals surface area (Å²) in [5, 5.41) is 6.66. The molecule has 6 heteroatoms. The third-order valence-electron chi connectivity index (χ3n) is 4.06. The van der Waals surface area contributed by atoms with Crippen molar-refractivity contribution >= 4 is 58.5 Å². The molecule has 0 heterocycles. The first-order valence-corrected chi connectivity index (χ1v) is 9.84. The number of hydrogen-bond acceptors (Lipinski definition) is 2. The summed E-state index contributed by atoms with van der Waals surface area (Å²) < 4.78 is 0. The largest absolute Gasteiger partial charge is 0.323 e. The molecule has 0 aliphatic heterocycles. The van der Waals surface area contributed by atoms with E-state index in [0.29, 0.717) is 21.4 Å². The van der Waals surface area contributed by atoms with Gasteiger partial charge in [0.05, 0.1) is 0 Å². The molecule has 4 nitrogen and oxygen atoms in total. The lowest BCUT2D eigenvalue weighted by Crippen LogP contribution is -2.09. The highest BCUT2D eigenvalue weighted by Gasteiger charge is 2.02. The molecule has 3 rings (SSSR count). The van der Waals surface area contributed by atoms with Crippen LogP contribution in [0.2, 0.25) is 10.0 Å². The number of hydrogen-bond donors (Lipinski definition) is 2. The average Bonchev–Trinajstić information content (AvgIpc) is 2.74. The van der Waals surface area contributed by atoms with Crippen molar-refractivity contribution in [3.05, 3.63) is 106 Å². The van der Waals surface area contributed by atoms with Crippen molar-refractivity contribution in [2.45, 2.75) is 0 Å². The first-order valence-electron chi connectivity index (χ1n) is 9.08. The number of benzene rings is 3. The van der Waals surface area contributed by atoms with E-state index in [1.54, 1.807) is 48.6 Å². The maximum absolute atomic E-state index is 12.1. The summed E-state index contributed by atoms with van der Waals surface area (Å²) in [6, 6.07) is 21.3. The molecule has 0 aromatic heterocycles. The Bertz CT molecular complexity index is 1020. The van der Waals surface area contributed by atoms with Gasteiger partial charge in [-0.2, -0.15) is 0 Å². The molecular formula is C24H18Cl2N2O2. The molecule has 2 N–H and O–H groups in total. The molecule has 0 radical (unpaired) electrons. The van der Waals surface area contributed by atoms with Crippen LogP contribution in [0.15, 0.2) is 84.9 Å². The summed E-state index contributed by atoms with van der Waals surface area (Å²) in [5.41, 5.74) is 2.73. The maximum Gasteiger partial charge on any atom is 0.248 e. The first kappa shape index (κ1) is 21.4. The smallest absolute Gasteiger partial charge is 0.248 e. The first-order chi connectivity index (χ1) is 14.5. The average molecular weight is 437 g/mol. The van der Waals surface area contributed by atoms with Crippen LogP contribution in [-0.4, -0.2) is 11.8 Å². The Kier molecular flexibility index (Phi) is 7.44. The Balaban J connectivity index is 1.54. The summed E-state index contributed by atoms with van der Waals surface area (Å²) >= 11 is 12.1. The molecule has 150 valence electrons. The van der Waals surface area contributed by atoms with Crippen molar-refractivity contribution in [1.82, 2.24) is 0 Å². The predicted octanol–water partition coefficient (Wildman–Crippen LogP) is 6.30. The van der Waals surface area contributed by atoms with Gasteiger partial charge in [-0.25, -0.2) is 0 Å². The second kappa shape index (κ2) is 10.4. The van der Waals surface area contributed by atoms with E-state index in [2.05, 4.69) is 10.6 Å². The van der Waals surface area contributed by atoms with Crippen molar-refractivity contribution in [1.29, 1.82) is 0 Å². The lowest BCUT2D eigenvalue weighted by molar-refractivity contribution is -0.112. The second-order valence-electron chi connectivity index (χ2n) is 6.27. The van der Waals surface area contributed by atoms with Gasteiger partial charge >= 0.3 is 0 Å². The van der Waals surface area contributed by atoms with E-state index >= 15 is 0 Å². The number of amides is 2. The molecule has 0 aliphatic rings. The highest BCUT2D eigenvalue weighted by atomic mass is 35.5. The van der Waals surface area contributed by atoms with E-state index in [1.165, 1.54) is 12.2 Å². The molecule has 0 bridgehead atoms. The van der Waals surface area contributed by atoms with Crippen LogP contribution in [0.1, 0.15) is 11.1 Å². The minimum absolute atomic E-state index is 0.283. The molecule has 30 heavy (non-hydrogen) atoms. The van der Waals surface area contributed by atoms with E-state index in [1.807, 2.05) is 36.4 Å². The van der Waals surface area contributed by atoms with E-state index in [0.717, 1.165) is 11.1 Å². The Morgan fingerprint density at radius 1 is 0.600 bits per heavy atom. The topological polar surface area (TPSA) is 58.2 Å². The SMILES string of the molecule is O=C(/C=C/c1ccccc1Cl)Nc1ccc(NC(=O)/C=C/c2ccccc2Cl)cc1. The Morgan fingerprint density at radius 3 is 1.33 bits per heavy atom. The Morgan fingerprint density at radius 2 is 0.967 bits per heavy atom. The van der Waals surface area contributed by atoms with Gasteiger partial charge in [-0.05, 0) is 59.7 Å². The van der Waals surface area contributed by atoms with Crippen LogP contribution in [0.5, 0.6) is 0 Å². The fourth-order valence-corrected chi connectivity index (χ4v) is 2.95. The van der Waals surface area contributed by atoms with E-state index < -0.39 is 0 Å². The van der Waals surface area contributed by atoms with Gasteiger partial charge in [-0.15, -0.1) is 0 Å². The van der Waals surface area contributed by atoms with Crippen molar-refractivity contribution in [2.24, 2.45) is 0 Å². The van der Waals surface area contributed by atoms with Gasteiger partial charge in [0.1, 0.15) is 0 Å². The highest BCUT2D eigenvalue weighted by Crippen LogP contribution is 2.18. The monoisotopic (exact) mass is 436 g/mol. The van der Waals surface area contributed by atoms with E-state index in [-0.39, 0.29) is 11.8 Å². The van der Waals surface area contributed by atoms with Gasteiger partial charge < -0.3 is 10.6 Å². The van der Waals surface area contributed by atoms with Crippen molar-refractivity contribution in [2.75, 3.05) is 10.6 Å². The van der Waals surface area contributed by atoms with E-state index in [4.69, 9.17) is 23.2 Å². The molecule has 0 aliphatic carbocycles. The Hall–Kier alpha value is -3.34. The van der Waals surface area contributed by atoms with Crippen LogP contribution >= 0.6 is 23.2 Å². The summed E-state index contributed by atoms with van der Waals surface area (Å²) in [4.78, 5) is 24.2. The molecule has 3 aromatic carbocycles. The van der Waals surface area contributed by atoms with Crippen LogP contribution < -0.4 is 10.6 Å². The van der Waals surface area contributed by atoms with Gasteiger partial charge in [0, 0.05) is 33.6 Å². The van der Waals surface area contributed by atoms with Crippen LogP contribution in [0.4, 0.5) is 11.4 Å². The molecule has 0 saturated carbocycles. The van der Waals surface area contributed by atoms with Crippen LogP contribution in [0.25, 0.3) is 12.2 Å². The van der Waals surface area contributed by atoms with Crippen LogP contribution in [-0.2, 0) is 9.59 Å². The lowest BCUT2D eigenvalue weighted by atomic mass is 10.2. The normalized spacial score (nSPS) is 11.0. The number of rotatable bonds is 6. The maximum atomic E-state index is 12.1. The molecule has 2 amide bonds. The lowest BCUT2D eigenvalue weighted by Gasteiger charge is -2.05. The van der Waals surface area contributed by atoms with Crippen LogP contribution in [0.3, 0.4) is 0 Å². The molecule has 0 spiro atoms. The minimum atomic E-state index is -0.283. The fourth-order valence-electron chi connectivity index (χ4n) is 2.56. The van der Waals surface area contributed by atoms with Gasteiger partial charge in [0.15, 0.2) is 0 Å². The Labute approximate surface area is 184 Å². The zero-order chi connectivity index (χ0) is 21.3. The zero-order valence-electron chi connectivity index (χ0n) is 15.8. The summed E-state index contributed by atoms with van der Waals surface area (Å²) in [7, 11) is 0. The molecule has 0 saturated heterocycles. The van der Waals surface area contributed by atoms with Gasteiger partial charge in [0.25, 0.3) is 0 Å². The molecule has 0 atom stereocenters. The third-order valence-corrected chi connectivity index (χ3v) is 4.75. The summed E-state index contributed by atoms with van der Waals surface area (Å²) in [5.74, 6) is -0.566. The fraction of sp³-hybridized carbons (Fsp3) is 0. The molecule has 3 aromatic rings. The number of carbonyl (C=O) groups excluding carboxylic acids is 2. The summed E-state index contributed by atoms with van der Waals surface area (Å²) in [6.07, 6.45) is 6.13. The number of anilines is 2. The predicted molar refractivity (Wildman–Crippen MR) is 125 cm³/mol. The van der Waals surface area contributed by atoms with Crippen molar-refractivity contribution in [3.8, 4) is 0 Å². The molecular weight excluding hydrogens is 419 g/mol. The van der Waals surface area contributed by atoms with Crippen molar-refractivity contribution < 1.29 is 9.59 Å². The molecule has 0 fully saturated rings. The van der Waals surface area contributed by atoms with Gasteiger partial charge in [-0.1, -0.05) is 59.6 Å². The minimum Gasteiger partial charge on any atom is -0.323 e. The molecule has 0 unspecified atom stereocenters. The van der Waals surface area contributed by atoms with Crippen LogP contribution in [0, 0.1) is 0 Å². The third kappa shape index (κ3) is 6.34. The summed E-state index contributed by atoms with van der Waals surface area (Å²) in [6.45, 7) is 0.